The molecular weight excluding hydrogens is 262 g/mol. The van der Waals surface area contributed by atoms with Gasteiger partial charge in [-0.2, -0.15) is 0 Å². The lowest BCUT2D eigenvalue weighted by Gasteiger charge is -2.17. The summed E-state index contributed by atoms with van der Waals surface area (Å²) in [5, 5.41) is 7.48. The summed E-state index contributed by atoms with van der Waals surface area (Å²) in [6, 6.07) is 10.5. The van der Waals surface area contributed by atoms with Gasteiger partial charge in [-0.1, -0.05) is 31.1 Å². The molecule has 21 heavy (non-hydrogen) atoms. The number of hydrogen-bond acceptors (Lipinski definition) is 4. The van der Waals surface area contributed by atoms with Gasteiger partial charge in [-0.05, 0) is 37.1 Å². The molecule has 0 saturated heterocycles. The van der Waals surface area contributed by atoms with Gasteiger partial charge in [0.25, 0.3) is 0 Å². The van der Waals surface area contributed by atoms with Crippen LogP contribution in [0.1, 0.15) is 30.9 Å². The average Bonchev–Trinajstić information content (AvgIpc) is 2.86. The Kier molecular flexibility index (Phi) is 5.39. The lowest BCUT2D eigenvalue weighted by molar-refractivity contribution is 0.374. The van der Waals surface area contributed by atoms with Gasteiger partial charge < -0.3 is 14.7 Å². The molecule has 4 nitrogen and oxygen atoms in total. The molecule has 1 aromatic heterocycles. The van der Waals surface area contributed by atoms with Gasteiger partial charge >= 0.3 is 0 Å². The van der Waals surface area contributed by atoms with E-state index in [9.17, 15) is 0 Å². The molecule has 0 unspecified atom stereocenters. The Bertz CT molecular complexity index is 563. The fourth-order valence-electron chi connectivity index (χ4n) is 2.19. The van der Waals surface area contributed by atoms with Crippen LogP contribution in [-0.4, -0.2) is 18.7 Å². The van der Waals surface area contributed by atoms with E-state index in [0.717, 1.165) is 31.1 Å². The van der Waals surface area contributed by atoms with Gasteiger partial charge in [0.2, 0.25) is 0 Å². The van der Waals surface area contributed by atoms with Crippen LogP contribution in [0.5, 0.6) is 0 Å². The van der Waals surface area contributed by atoms with Crippen LogP contribution < -0.4 is 10.2 Å². The molecule has 0 aliphatic rings. The van der Waals surface area contributed by atoms with E-state index in [1.165, 1.54) is 11.3 Å². The fraction of sp³-hybridized carbons (Fsp3) is 0.471. The number of aryl methyl sites for hydroxylation is 1. The molecule has 0 aliphatic heterocycles. The van der Waals surface area contributed by atoms with Gasteiger partial charge in [-0.15, -0.1) is 0 Å². The van der Waals surface area contributed by atoms with E-state index in [1.54, 1.807) is 0 Å². The van der Waals surface area contributed by atoms with E-state index in [-0.39, 0.29) is 0 Å². The first-order valence-corrected chi connectivity index (χ1v) is 7.47. The third-order valence-corrected chi connectivity index (χ3v) is 3.30. The van der Waals surface area contributed by atoms with Gasteiger partial charge in [0.15, 0.2) is 5.76 Å². The van der Waals surface area contributed by atoms with Crippen LogP contribution in [-0.2, 0) is 13.1 Å². The fourth-order valence-corrected chi connectivity index (χ4v) is 2.19. The van der Waals surface area contributed by atoms with Crippen LogP contribution in [0.2, 0.25) is 0 Å². The van der Waals surface area contributed by atoms with Crippen molar-refractivity contribution in [1.29, 1.82) is 0 Å². The SMILES string of the molecule is Cc1cccc(N(C)Cc2cc(CNCC(C)C)no2)c1. The van der Waals surface area contributed by atoms with Gasteiger partial charge in [0.1, 0.15) is 0 Å². The van der Waals surface area contributed by atoms with Crippen LogP contribution in [0, 0.1) is 12.8 Å². The molecule has 0 atom stereocenters. The molecule has 0 fully saturated rings. The second-order valence-electron chi connectivity index (χ2n) is 6.00. The van der Waals surface area contributed by atoms with E-state index in [1.807, 2.05) is 6.07 Å². The predicted molar refractivity (Wildman–Crippen MR) is 86.3 cm³/mol. The molecule has 0 aliphatic carbocycles. The quantitative estimate of drug-likeness (QED) is 0.848. The Morgan fingerprint density at radius 3 is 2.81 bits per heavy atom. The van der Waals surface area contributed by atoms with E-state index >= 15 is 0 Å². The maximum absolute atomic E-state index is 5.41. The summed E-state index contributed by atoms with van der Waals surface area (Å²) in [5.74, 6) is 1.53. The van der Waals surface area contributed by atoms with Gasteiger partial charge in [-0.25, -0.2) is 0 Å². The summed E-state index contributed by atoms with van der Waals surface area (Å²) in [5.41, 5.74) is 3.41. The minimum atomic E-state index is 0.642. The molecule has 2 rings (SSSR count). The summed E-state index contributed by atoms with van der Waals surface area (Å²) in [6.45, 7) is 8.96. The Morgan fingerprint density at radius 1 is 1.29 bits per heavy atom. The number of anilines is 1. The Morgan fingerprint density at radius 2 is 2.10 bits per heavy atom. The normalized spacial score (nSPS) is 11.1. The molecule has 1 N–H and O–H groups in total. The van der Waals surface area contributed by atoms with Crippen molar-refractivity contribution < 1.29 is 4.52 Å². The van der Waals surface area contributed by atoms with Gasteiger partial charge in [-0.3, -0.25) is 0 Å². The van der Waals surface area contributed by atoms with Crippen molar-refractivity contribution in [1.82, 2.24) is 10.5 Å². The molecule has 114 valence electrons. The summed E-state index contributed by atoms with van der Waals surface area (Å²) < 4.78 is 5.41. The minimum absolute atomic E-state index is 0.642. The Hall–Kier alpha value is -1.81. The zero-order valence-electron chi connectivity index (χ0n) is 13.4. The maximum Gasteiger partial charge on any atom is 0.156 e. The van der Waals surface area contributed by atoms with Crippen molar-refractivity contribution in [2.75, 3.05) is 18.5 Å². The first-order valence-electron chi connectivity index (χ1n) is 7.47. The number of benzene rings is 1. The summed E-state index contributed by atoms with van der Waals surface area (Å²) in [4.78, 5) is 2.17. The monoisotopic (exact) mass is 287 g/mol. The highest BCUT2D eigenvalue weighted by atomic mass is 16.5. The number of nitrogens with zero attached hydrogens (tertiary/aromatic N) is 2. The Balaban J connectivity index is 1.90. The average molecular weight is 287 g/mol. The smallest absolute Gasteiger partial charge is 0.156 e. The number of aromatic nitrogens is 1. The molecule has 2 aromatic rings. The van der Waals surface area contributed by atoms with Crippen molar-refractivity contribution >= 4 is 5.69 Å². The van der Waals surface area contributed by atoms with E-state index in [0.29, 0.717) is 5.92 Å². The lowest BCUT2D eigenvalue weighted by Crippen LogP contribution is -2.19. The molecule has 1 heterocycles. The van der Waals surface area contributed by atoms with Crippen molar-refractivity contribution in [2.45, 2.75) is 33.9 Å². The summed E-state index contributed by atoms with van der Waals surface area (Å²) in [7, 11) is 2.06. The molecule has 4 heteroatoms. The molecule has 1 aromatic carbocycles. The van der Waals surface area contributed by atoms with Crippen molar-refractivity contribution in [3.63, 3.8) is 0 Å². The second-order valence-corrected chi connectivity index (χ2v) is 6.00. The predicted octanol–water partition coefficient (Wildman–Crippen LogP) is 3.37. The van der Waals surface area contributed by atoms with Crippen LogP contribution in [0.4, 0.5) is 5.69 Å². The standard InChI is InChI=1S/C17H25N3O/c1-13(2)10-18-11-15-9-17(21-19-15)12-20(4)16-7-5-6-14(3)8-16/h5-9,13,18H,10-12H2,1-4H3. The van der Waals surface area contributed by atoms with E-state index in [2.05, 4.69) is 67.5 Å². The molecule has 0 amide bonds. The molecule has 0 radical (unpaired) electrons. The molecule has 0 spiro atoms. The summed E-state index contributed by atoms with van der Waals surface area (Å²) in [6.07, 6.45) is 0. The number of hydrogen-bond donors (Lipinski definition) is 1. The highest BCUT2D eigenvalue weighted by molar-refractivity contribution is 5.47. The number of nitrogens with one attached hydrogen (secondary N) is 1. The van der Waals surface area contributed by atoms with Crippen molar-refractivity contribution in [3.8, 4) is 0 Å². The number of rotatable bonds is 7. The highest BCUT2D eigenvalue weighted by Crippen LogP contribution is 2.17. The molecule has 0 saturated carbocycles. The zero-order valence-corrected chi connectivity index (χ0v) is 13.4. The van der Waals surface area contributed by atoms with Crippen LogP contribution in [0.25, 0.3) is 0 Å². The lowest BCUT2D eigenvalue weighted by atomic mass is 10.2. The van der Waals surface area contributed by atoms with Gasteiger partial charge in [0, 0.05) is 25.3 Å². The largest absolute Gasteiger partial charge is 0.367 e. The highest BCUT2D eigenvalue weighted by Gasteiger charge is 2.08. The first-order chi connectivity index (χ1) is 10.0. The van der Waals surface area contributed by atoms with Crippen molar-refractivity contribution in [2.24, 2.45) is 5.92 Å². The van der Waals surface area contributed by atoms with Crippen LogP contribution in [0.3, 0.4) is 0 Å². The third-order valence-electron chi connectivity index (χ3n) is 3.30. The second kappa shape index (κ2) is 7.27. The van der Waals surface area contributed by atoms with Crippen LogP contribution >= 0.6 is 0 Å². The molecule has 0 bridgehead atoms. The first kappa shape index (κ1) is 15.6. The topological polar surface area (TPSA) is 41.3 Å². The maximum atomic E-state index is 5.41. The van der Waals surface area contributed by atoms with E-state index < -0.39 is 0 Å². The van der Waals surface area contributed by atoms with E-state index in [4.69, 9.17) is 4.52 Å². The van der Waals surface area contributed by atoms with Gasteiger partial charge in [0.05, 0.1) is 12.2 Å². The zero-order chi connectivity index (χ0) is 15.2. The molecular formula is C17H25N3O. The van der Waals surface area contributed by atoms with Crippen LogP contribution in [0.15, 0.2) is 34.9 Å². The third kappa shape index (κ3) is 4.90. The summed E-state index contributed by atoms with van der Waals surface area (Å²) >= 11 is 0. The Labute approximate surface area is 127 Å². The van der Waals surface area contributed by atoms with Crippen molar-refractivity contribution in [3.05, 3.63) is 47.3 Å². The minimum Gasteiger partial charge on any atom is -0.367 e.